The van der Waals surface area contributed by atoms with Gasteiger partial charge in [-0.2, -0.15) is 0 Å². The van der Waals surface area contributed by atoms with Crippen LogP contribution in [0.15, 0.2) is 53.9 Å². The summed E-state index contributed by atoms with van der Waals surface area (Å²) in [7, 11) is 1.29. The Balaban J connectivity index is 1.58. The number of halogens is 1. The van der Waals surface area contributed by atoms with Crippen LogP contribution in [0.1, 0.15) is 22.8 Å². The van der Waals surface area contributed by atoms with Gasteiger partial charge in [0.2, 0.25) is 5.91 Å². The number of nitrogens with zero attached hydrogens (tertiary/aromatic N) is 1. The van der Waals surface area contributed by atoms with E-state index < -0.39 is 5.97 Å². The number of anilines is 2. The van der Waals surface area contributed by atoms with Crippen molar-refractivity contribution >= 4 is 33.9 Å². The molecule has 3 aromatic rings. The predicted octanol–water partition coefficient (Wildman–Crippen LogP) is 4.73. The zero-order chi connectivity index (χ0) is 21.3. The molecule has 1 atom stereocenters. The molecule has 0 aliphatic carbocycles. The highest BCUT2D eigenvalue weighted by atomic mass is 32.1. The molecule has 1 aliphatic heterocycles. The number of benzene rings is 2. The molecule has 0 fully saturated rings. The summed E-state index contributed by atoms with van der Waals surface area (Å²) in [4.78, 5) is 27.3. The van der Waals surface area contributed by atoms with Crippen LogP contribution in [0.4, 0.5) is 15.1 Å². The van der Waals surface area contributed by atoms with E-state index in [-0.39, 0.29) is 29.9 Å². The smallest absolute Gasteiger partial charge is 0.341 e. The van der Waals surface area contributed by atoms with Crippen LogP contribution in [0, 0.1) is 5.82 Å². The van der Waals surface area contributed by atoms with Gasteiger partial charge in [0.1, 0.15) is 16.4 Å². The summed E-state index contributed by atoms with van der Waals surface area (Å²) in [5.41, 5.74) is 3.84. The van der Waals surface area contributed by atoms with E-state index in [1.807, 2.05) is 18.2 Å². The van der Waals surface area contributed by atoms with Crippen molar-refractivity contribution in [3.8, 4) is 11.1 Å². The third kappa shape index (κ3) is 3.80. The number of hydrogen-bond acceptors (Lipinski definition) is 5. The van der Waals surface area contributed by atoms with Gasteiger partial charge in [-0.1, -0.05) is 30.3 Å². The number of nitrogens with one attached hydrogen (secondary N) is 1. The first-order chi connectivity index (χ1) is 14.5. The molecule has 1 unspecified atom stereocenters. The predicted molar refractivity (Wildman–Crippen MR) is 117 cm³/mol. The first-order valence-electron chi connectivity index (χ1n) is 9.58. The number of thiophene rings is 1. The molecule has 154 valence electrons. The number of amides is 1. The van der Waals surface area contributed by atoms with Crippen LogP contribution in [-0.4, -0.2) is 31.6 Å². The van der Waals surface area contributed by atoms with Gasteiger partial charge >= 0.3 is 5.97 Å². The van der Waals surface area contributed by atoms with Crippen LogP contribution >= 0.6 is 11.3 Å². The average molecular weight is 424 g/mol. The Morgan fingerprint density at radius 3 is 2.67 bits per heavy atom. The topological polar surface area (TPSA) is 58.6 Å². The van der Waals surface area contributed by atoms with Crippen LogP contribution in [0.25, 0.3) is 11.1 Å². The van der Waals surface area contributed by atoms with Gasteiger partial charge < -0.3 is 15.0 Å². The highest BCUT2D eigenvalue weighted by Gasteiger charge is 2.28. The molecule has 2 aromatic carbocycles. The SMILES string of the molecule is COC(=O)c1c(-c2ccc(F)cc2)csc1NC(=O)CN1c2ccccc2CC1C. The maximum atomic E-state index is 13.3. The molecule has 5 nitrogen and oxygen atoms in total. The number of fused-ring (bicyclic) bond motifs is 1. The van der Waals surface area contributed by atoms with Crippen molar-refractivity contribution in [3.05, 3.63) is 70.9 Å². The quantitative estimate of drug-likeness (QED) is 0.602. The van der Waals surface area contributed by atoms with Crippen LogP contribution < -0.4 is 10.2 Å². The van der Waals surface area contributed by atoms with E-state index in [1.165, 1.54) is 36.1 Å². The molecule has 4 rings (SSSR count). The zero-order valence-corrected chi connectivity index (χ0v) is 17.5. The van der Waals surface area contributed by atoms with Gasteiger partial charge in [-0.25, -0.2) is 9.18 Å². The number of para-hydroxylation sites is 1. The number of methoxy groups -OCH3 is 1. The fourth-order valence-electron chi connectivity index (χ4n) is 3.79. The molecular weight excluding hydrogens is 403 g/mol. The maximum absolute atomic E-state index is 13.3. The summed E-state index contributed by atoms with van der Waals surface area (Å²) in [5, 5.41) is 5.06. The number of ether oxygens (including phenoxy) is 1. The fraction of sp³-hybridized carbons (Fsp3) is 0.217. The van der Waals surface area contributed by atoms with Gasteiger partial charge in [-0.05, 0) is 42.7 Å². The van der Waals surface area contributed by atoms with E-state index in [0.717, 1.165) is 12.1 Å². The lowest BCUT2D eigenvalue weighted by molar-refractivity contribution is -0.115. The summed E-state index contributed by atoms with van der Waals surface area (Å²) in [6.07, 6.45) is 0.893. The Bertz CT molecular complexity index is 1090. The molecule has 1 N–H and O–H groups in total. The van der Waals surface area contributed by atoms with Crippen molar-refractivity contribution in [1.82, 2.24) is 0 Å². The molecule has 1 aromatic heterocycles. The monoisotopic (exact) mass is 424 g/mol. The van der Waals surface area contributed by atoms with E-state index in [4.69, 9.17) is 4.74 Å². The van der Waals surface area contributed by atoms with Crippen molar-refractivity contribution in [1.29, 1.82) is 0 Å². The first-order valence-corrected chi connectivity index (χ1v) is 10.5. The lowest BCUT2D eigenvalue weighted by Crippen LogP contribution is -2.37. The second-order valence-corrected chi connectivity index (χ2v) is 8.09. The maximum Gasteiger partial charge on any atom is 0.341 e. The van der Waals surface area contributed by atoms with Crippen LogP contribution in [-0.2, 0) is 16.0 Å². The van der Waals surface area contributed by atoms with Crippen LogP contribution in [0.2, 0.25) is 0 Å². The Labute approximate surface area is 178 Å². The number of carbonyl (C=O) groups excluding carboxylic acids is 2. The van der Waals surface area contributed by atoms with Gasteiger partial charge in [-0.15, -0.1) is 11.3 Å². The van der Waals surface area contributed by atoms with E-state index in [2.05, 4.69) is 23.2 Å². The summed E-state index contributed by atoms with van der Waals surface area (Å²) < 4.78 is 18.2. The van der Waals surface area contributed by atoms with Crippen molar-refractivity contribution in [2.75, 3.05) is 23.9 Å². The van der Waals surface area contributed by atoms with Crippen LogP contribution in [0.5, 0.6) is 0 Å². The lowest BCUT2D eigenvalue weighted by atomic mass is 10.0. The normalized spacial score (nSPS) is 15.0. The number of hydrogen-bond donors (Lipinski definition) is 1. The Morgan fingerprint density at radius 1 is 1.20 bits per heavy atom. The standard InChI is InChI=1S/C23H21FN2O3S/c1-14-11-16-5-3-4-6-19(16)26(14)12-20(27)25-22-21(23(28)29-2)18(13-30-22)15-7-9-17(24)10-8-15/h3-10,13-14H,11-12H2,1-2H3,(H,25,27). The molecule has 0 bridgehead atoms. The number of carbonyl (C=O) groups is 2. The average Bonchev–Trinajstić information content (AvgIpc) is 3.29. The third-order valence-corrected chi connectivity index (χ3v) is 6.15. The summed E-state index contributed by atoms with van der Waals surface area (Å²) in [6, 6.07) is 14.1. The van der Waals surface area contributed by atoms with E-state index in [0.29, 0.717) is 16.1 Å². The molecule has 1 amide bonds. The third-order valence-electron chi connectivity index (χ3n) is 5.25. The largest absolute Gasteiger partial charge is 0.465 e. The van der Waals surface area contributed by atoms with Crippen molar-refractivity contribution in [3.63, 3.8) is 0 Å². The molecule has 2 heterocycles. The summed E-state index contributed by atoms with van der Waals surface area (Å²) in [5.74, 6) is -1.12. The molecule has 0 saturated carbocycles. The first kappa shape index (κ1) is 20.1. The molecule has 30 heavy (non-hydrogen) atoms. The van der Waals surface area contributed by atoms with Gasteiger partial charge in [0.15, 0.2) is 0 Å². The zero-order valence-electron chi connectivity index (χ0n) is 16.6. The fourth-order valence-corrected chi connectivity index (χ4v) is 4.76. The van der Waals surface area contributed by atoms with Gasteiger partial charge in [0, 0.05) is 22.7 Å². The molecule has 1 aliphatic rings. The highest BCUT2D eigenvalue weighted by molar-refractivity contribution is 7.15. The van der Waals surface area contributed by atoms with Crippen molar-refractivity contribution < 1.29 is 18.7 Å². The van der Waals surface area contributed by atoms with E-state index >= 15 is 0 Å². The molecule has 0 saturated heterocycles. The Kier molecular flexibility index (Phi) is 5.55. The van der Waals surface area contributed by atoms with E-state index in [9.17, 15) is 14.0 Å². The Morgan fingerprint density at radius 2 is 1.93 bits per heavy atom. The van der Waals surface area contributed by atoms with Crippen LogP contribution in [0.3, 0.4) is 0 Å². The second kappa shape index (κ2) is 8.28. The second-order valence-electron chi connectivity index (χ2n) is 7.21. The number of esters is 1. The van der Waals surface area contributed by atoms with Crippen molar-refractivity contribution in [2.24, 2.45) is 0 Å². The summed E-state index contributed by atoms with van der Waals surface area (Å²) >= 11 is 1.25. The summed E-state index contributed by atoms with van der Waals surface area (Å²) in [6.45, 7) is 2.27. The minimum absolute atomic E-state index is 0.183. The molecule has 0 spiro atoms. The van der Waals surface area contributed by atoms with Crippen molar-refractivity contribution in [2.45, 2.75) is 19.4 Å². The number of rotatable bonds is 5. The minimum atomic E-state index is -0.550. The molecule has 0 radical (unpaired) electrons. The van der Waals surface area contributed by atoms with E-state index in [1.54, 1.807) is 17.5 Å². The molecular formula is C23H21FN2O3S. The minimum Gasteiger partial charge on any atom is -0.465 e. The van der Waals surface area contributed by atoms with Gasteiger partial charge in [0.25, 0.3) is 0 Å². The van der Waals surface area contributed by atoms with Gasteiger partial charge in [0.05, 0.1) is 13.7 Å². The Hall–Kier alpha value is -3.19. The molecule has 7 heteroatoms. The van der Waals surface area contributed by atoms with Gasteiger partial charge in [-0.3, -0.25) is 4.79 Å². The highest BCUT2D eigenvalue weighted by Crippen LogP contribution is 2.37. The lowest BCUT2D eigenvalue weighted by Gasteiger charge is -2.24.